The van der Waals surface area contributed by atoms with Gasteiger partial charge >= 0.3 is 0 Å². The fourth-order valence-corrected chi connectivity index (χ4v) is 3.05. The smallest absolute Gasteiger partial charge is 0.220 e. The molecule has 4 heteroatoms. The molecular weight excluding hydrogens is 312 g/mol. The molecule has 1 aliphatic rings. The molecule has 4 nitrogen and oxygen atoms in total. The van der Waals surface area contributed by atoms with Gasteiger partial charge in [-0.1, -0.05) is 54.6 Å². The van der Waals surface area contributed by atoms with Crippen molar-refractivity contribution in [3.8, 4) is 0 Å². The van der Waals surface area contributed by atoms with Gasteiger partial charge in [0.15, 0.2) is 0 Å². The lowest BCUT2D eigenvalue weighted by Gasteiger charge is -2.26. The normalized spacial score (nSPS) is 15.0. The third-order valence-corrected chi connectivity index (χ3v) is 4.47. The first-order chi connectivity index (χ1) is 12.3. The van der Waals surface area contributed by atoms with Crippen LogP contribution in [0.25, 0.3) is 0 Å². The number of hydrogen-bond acceptors (Lipinski definition) is 3. The summed E-state index contributed by atoms with van der Waals surface area (Å²) >= 11 is 0. The molecular formula is C21H26N2O2. The second-order valence-corrected chi connectivity index (χ2v) is 6.47. The molecule has 0 unspecified atom stereocenters. The summed E-state index contributed by atoms with van der Waals surface area (Å²) < 4.78 is 5.39. The number of carbonyl (C=O) groups excluding carboxylic acids is 1. The number of nitrogens with one attached hydrogen (secondary N) is 1. The molecule has 132 valence electrons. The van der Waals surface area contributed by atoms with E-state index in [2.05, 4.69) is 46.6 Å². The number of carbonyl (C=O) groups is 1. The highest BCUT2D eigenvalue weighted by Gasteiger charge is 2.11. The zero-order valence-corrected chi connectivity index (χ0v) is 14.6. The van der Waals surface area contributed by atoms with Crippen LogP contribution in [0.2, 0.25) is 0 Å². The molecule has 25 heavy (non-hydrogen) atoms. The molecule has 0 aromatic heterocycles. The Morgan fingerprint density at radius 3 is 2.48 bits per heavy atom. The SMILES string of the molecule is O=C(CCc1ccccc1)NCc1cccc(CN2CCOCC2)c1. The Bertz CT molecular complexity index is 667. The van der Waals surface area contributed by atoms with E-state index in [-0.39, 0.29) is 5.91 Å². The summed E-state index contributed by atoms with van der Waals surface area (Å²) in [5.41, 5.74) is 3.64. The van der Waals surface area contributed by atoms with E-state index in [0.29, 0.717) is 13.0 Å². The molecule has 0 saturated carbocycles. The van der Waals surface area contributed by atoms with Crippen LogP contribution >= 0.6 is 0 Å². The van der Waals surface area contributed by atoms with E-state index in [0.717, 1.165) is 44.8 Å². The second kappa shape index (κ2) is 9.35. The van der Waals surface area contributed by atoms with Crippen molar-refractivity contribution in [1.82, 2.24) is 10.2 Å². The van der Waals surface area contributed by atoms with Gasteiger partial charge in [0.2, 0.25) is 5.91 Å². The third-order valence-electron chi connectivity index (χ3n) is 4.47. The minimum Gasteiger partial charge on any atom is -0.379 e. The first-order valence-electron chi connectivity index (χ1n) is 8.98. The number of nitrogens with zero attached hydrogens (tertiary/aromatic N) is 1. The van der Waals surface area contributed by atoms with E-state index in [1.807, 2.05) is 18.2 Å². The summed E-state index contributed by atoms with van der Waals surface area (Å²) in [6, 6.07) is 18.6. The molecule has 2 aromatic rings. The molecule has 0 aliphatic carbocycles. The quantitative estimate of drug-likeness (QED) is 0.844. The fourth-order valence-electron chi connectivity index (χ4n) is 3.05. The molecule has 1 aliphatic heterocycles. The van der Waals surface area contributed by atoms with Crippen molar-refractivity contribution in [3.05, 3.63) is 71.3 Å². The van der Waals surface area contributed by atoms with E-state index >= 15 is 0 Å². The van der Waals surface area contributed by atoms with Gasteiger partial charge in [-0.3, -0.25) is 9.69 Å². The topological polar surface area (TPSA) is 41.6 Å². The fraction of sp³-hybridized carbons (Fsp3) is 0.381. The minimum atomic E-state index is 0.0995. The van der Waals surface area contributed by atoms with Gasteiger partial charge in [0.1, 0.15) is 0 Å². The number of benzene rings is 2. The average molecular weight is 338 g/mol. The largest absolute Gasteiger partial charge is 0.379 e. The first-order valence-corrected chi connectivity index (χ1v) is 8.98. The van der Waals surface area contributed by atoms with Gasteiger partial charge in [-0.05, 0) is 23.1 Å². The molecule has 0 bridgehead atoms. The second-order valence-electron chi connectivity index (χ2n) is 6.47. The van der Waals surface area contributed by atoms with Crippen molar-refractivity contribution >= 4 is 5.91 Å². The summed E-state index contributed by atoms with van der Waals surface area (Å²) in [4.78, 5) is 14.5. The maximum Gasteiger partial charge on any atom is 0.220 e. The van der Waals surface area contributed by atoms with Crippen LogP contribution in [-0.4, -0.2) is 37.1 Å². The lowest BCUT2D eigenvalue weighted by atomic mass is 10.1. The van der Waals surface area contributed by atoms with Gasteiger partial charge in [-0.15, -0.1) is 0 Å². The van der Waals surface area contributed by atoms with Crippen molar-refractivity contribution < 1.29 is 9.53 Å². The van der Waals surface area contributed by atoms with Crippen LogP contribution in [0.5, 0.6) is 0 Å². The van der Waals surface area contributed by atoms with Crippen molar-refractivity contribution in [2.24, 2.45) is 0 Å². The van der Waals surface area contributed by atoms with Crippen LogP contribution in [0.3, 0.4) is 0 Å². The summed E-state index contributed by atoms with van der Waals surface area (Å²) in [6.07, 6.45) is 1.31. The molecule has 1 N–H and O–H groups in total. The lowest BCUT2D eigenvalue weighted by molar-refractivity contribution is -0.121. The first kappa shape index (κ1) is 17.6. The van der Waals surface area contributed by atoms with E-state index < -0.39 is 0 Å². The Hall–Kier alpha value is -2.17. The zero-order chi connectivity index (χ0) is 17.3. The summed E-state index contributed by atoms with van der Waals surface area (Å²) in [6.45, 7) is 5.14. The molecule has 1 saturated heterocycles. The van der Waals surface area contributed by atoms with Crippen LogP contribution in [0.4, 0.5) is 0 Å². The van der Waals surface area contributed by atoms with Crippen molar-refractivity contribution in [2.45, 2.75) is 25.9 Å². The highest BCUT2D eigenvalue weighted by atomic mass is 16.5. The van der Waals surface area contributed by atoms with Crippen molar-refractivity contribution in [1.29, 1.82) is 0 Å². The van der Waals surface area contributed by atoms with Gasteiger partial charge in [-0.25, -0.2) is 0 Å². The van der Waals surface area contributed by atoms with Crippen molar-refractivity contribution in [2.75, 3.05) is 26.3 Å². The van der Waals surface area contributed by atoms with Crippen LogP contribution in [0, 0.1) is 0 Å². The highest BCUT2D eigenvalue weighted by molar-refractivity contribution is 5.76. The molecule has 1 fully saturated rings. The third kappa shape index (κ3) is 6.00. The molecule has 3 rings (SSSR count). The van der Waals surface area contributed by atoms with E-state index in [9.17, 15) is 4.79 Å². The Balaban J connectivity index is 1.44. The monoisotopic (exact) mass is 338 g/mol. The lowest BCUT2D eigenvalue weighted by Crippen LogP contribution is -2.35. The highest BCUT2D eigenvalue weighted by Crippen LogP contribution is 2.10. The Morgan fingerprint density at radius 2 is 1.68 bits per heavy atom. The van der Waals surface area contributed by atoms with Crippen LogP contribution in [0.1, 0.15) is 23.1 Å². The molecule has 0 atom stereocenters. The Labute approximate surface area is 149 Å². The van der Waals surface area contributed by atoms with Crippen molar-refractivity contribution in [3.63, 3.8) is 0 Å². The summed E-state index contributed by atoms with van der Waals surface area (Å²) in [7, 11) is 0. The maximum absolute atomic E-state index is 12.1. The summed E-state index contributed by atoms with van der Waals surface area (Å²) in [5, 5.41) is 3.03. The predicted molar refractivity (Wildman–Crippen MR) is 99.1 cm³/mol. The van der Waals surface area contributed by atoms with Crippen LogP contribution in [-0.2, 0) is 29.0 Å². The van der Waals surface area contributed by atoms with Gasteiger partial charge in [0.25, 0.3) is 0 Å². The van der Waals surface area contributed by atoms with Gasteiger partial charge < -0.3 is 10.1 Å². The number of ether oxygens (including phenoxy) is 1. The van der Waals surface area contributed by atoms with Crippen LogP contribution < -0.4 is 5.32 Å². The molecule has 2 aromatic carbocycles. The van der Waals surface area contributed by atoms with Gasteiger partial charge in [-0.2, -0.15) is 0 Å². The summed E-state index contributed by atoms with van der Waals surface area (Å²) in [5.74, 6) is 0.0995. The van der Waals surface area contributed by atoms with E-state index in [1.54, 1.807) is 0 Å². The standard InChI is InChI=1S/C21H26N2O2/c24-21(10-9-18-5-2-1-3-6-18)22-16-19-7-4-8-20(15-19)17-23-11-13-25-14-12-23/h1-8,15H,9-14,16-17H2,(H,22,24). The molecule has 0 radical (unpaired) electrons. The number of aryl methyl sites for hydroxylation is 1. The zero-order valence-electron chi connectivity index (χ0n) is 14.6. The van der Waals surface area contributed by atoms with E-state index in [1.165, 1.54) is 11.1 Å². The van der Waals surface area contributed by atoms with E-state index in [4.69, 9.17) is 4.74 Å². The molecule has 0 spiro atoms. The number of amides is 1. The Morgan fingerprint density at radius 1 is 0.960 bits per heavy atom. The van der Waals surface area contributed by atoms with Crippen LogP contribution in [0.15, 0.2) is 54.6 Å². The molecule has 1 amide bonds. The number of hydrogen-bond donors (Lipinski definition) is 1. The minimum absolute atomic E-state index is 0.0995. The Kier molecular flexibility index (Phi) is 6.60. The maximum atomic E-state index is 12.1. The van der Waals surface area contributed by atoms with Gasteiger partial charge in [0.05, 0.1) is 13.2 Å². The number of morpholine rings is 1. The number of rotatable bonds is 7. The molecule has 1 heterocycles. The predicted octanol–water partition coefficient (Wildman–Crippen LogP) is 2.77. The average Bonchev–Trinajstić information content (AvgIpc) is 2.67. The van der Waals surface area contributed by atoms with Gasteiger partial charge in [0, 0.05) is 32.6 Å².